The Hall–Kier alpha value is -2.66. The number of likely N-dealkylation sites (N-methyl/N-ethyl adjacent to an activating group) is 2. The van der Waals surface area contributed by atoms with Crippen LogP contribution in [0.1, 0.15) is 16.7 Å². The first kappa shape index (κ1) is 17.2. The van der Waals surface area contributed by atoms with Gasteiger partial charge >= 0.3 is 0 Å². The number of benzene rings is 2. The van der Waals surface area contributed by atoms with Gasteiger partial charge in [0, 0.05) is 19.7 Å². The third-order valence-electron chi connectivity index (χ3n) is 4.19. The molecule has 5 heteroatoms. The van der Waals surface area contributed by atoms with Gasteiger partial charge in [-0.2, -0.15) is 0 Å². The van der Waals surface area contributed by atoms with Gasteiger partial charge in [-0.25, -0.2) is 0 Å². The van der Waals surface area contributed by atoms with E-state index in [1.807, 2.05) is 30.3 Å². The zero-order valence-corrected chi connectivity index (χ0v) is 15.3. The molecular weight excluding hydrogens is 332 g/mol. The lowest BCUT2D eigenvalue weighted by molar-refractivity contribution is -0.121. The molecule has 3 rings (SSSR count). The fourth-order valence-corrected chi connectivity index (χ4v) is 2.79. The zero-order chi connectivity index (χ0) is 18.0. The van der Waals surface area contributed by atoms with Crippen LogP contribution in [-0.2, 0) is 11.4 Å². The Labute approximate surface area is 153 Å². The second kappa shape index (κ2) is 7.07. The first-order valence-electron chi connectivity index (χ1n) is 8.02. The van der Waals surface area contributed by atoms with E-state index in [0.29, 0.717) is 17.4 Å². The number of aryl methyl sites for hydroxylation is 1. The number of ether oxygens (including phenoxy) is 1. The second-order valence-corrected chi connectivity index (χ2v) is 6.41. The average molecular weight is 352 g/mol. The standard InChI is InChI=1S/C20H20N2O2S/c1-14-8-10-15(11-9-14)13-24-18-7-5-4-6-16(18)12-17-19(23)22(3)20(25)21(17)2/h4-12H,13H2,1-3H3/b17-12-. The summed E-state index contributed by atoms with van der Waals surface area (Å²) in [6.07, 6.45) is 1.82. The molecule has 1 fully saturated rings. The van der Waals surface area contributed by atoms with E-state index >= 15 is 0 Å². The lowest BCUT2D eigenvalue weighted by atomic mass is 10.1. The maximum Gasteiger partial charge on any atom is 0.276 e. The molecule has 25 heavy (non-hydrogen) atoms. The molecule has 4 nitrogen and oxygen atoms in total. The van der Waals surface area contributed by atoms with Gasteiger partial charge in [0.2, 0.25) is 0 Å². The molecule has 0 saturated carbocycles. The summed E-state index contributed by atoms with van der Waals surface area (Å²) in [6.45, 7) is 2.53. The van der Waals surface area contributed by atoms with Gasteiger partial charge in [0.25, 0.3) is 5.91 Å². The van der Waals surface area contributed by atoms with Crippen LogP contribution in [0, 0.1) is 6.92 Å². The van der Waals surface area contributed by atoms with Gasteiger partial charge in [-0.05, 0) is 36.8 Å². The summed E-state index contributed by atoms with van der Waals surface area (Å²) in [5.41, 5.74) is 3.71. The quantitative estimate of drug-likeness (QED) is 0.622. The molecular formula is C20H20N2O2S. The van der Waals surface area contributed by atoms with Crippen molar-refractivity contribution in [2.75, 3.05) is 14.1 Å². The molecule has 0 aromatic heterocycles. The van der Waals surface area contributed by atoms with E-state index < -0.39 is 0 Å². The molecule has 1 saturated heterocycles. The minimum Gasteiger partial charge on any atom is -0.488 e. The third kappa shape index (κ3) is 3.56. The molecule has 0 spiro atoms. The Balaban J connectivity index is 1.84. The number of amides is 1. The number of carbonyl (C=O) groups excluding carboxylic acids is 1. The van der Waals surface area contributed by atoms with E-state index in [0.717, 1.165) is 16.9 Å². The molecule has 1 amide bonds. The van der Waals surface area contributed by atoms with Gasteiger partial charge in [0.15, 0.2) is 5.11 Å². The predicted octanol–water partition coefficient (Wildman–Crippen LogP) is 3.60. The molecule has 1 aliphatic rings. The Morgan fingerprint density at radius 3 is 2.36 bits per heavy atom. The van der Waals surface area contributed by atoms with Gasteiger partial charge in [-0.3, -0.25) is 9.69 Å². The van der Waals surface area contributed by atoms with Crippen LogP contribution in [0.25, 0.3) is 6.08 Å². The monoisotopic (exact) mass is 352 g/mol. The number of rotatable bonds is 4. The summed E-state index contributed by atoms with van der Waals surface area (Å²) in [5, 5.41) is 0.495. The smallest absolute Gasteiger partial charge is 0.276 e. The fraction of sp³-hybridized carbons (Fsp3) is 0.200. The molecule has 0 unspecified atom stereocenters. The minimum absolute atomic E-state index is 0.110. The molecule has 2 aromatic carbocycles. The lowest BCUT2D eigenvalue weighted by Gasteiger charge is -2.13. The summed E-state index contributed by atoms with van der Waals surface area (Å²) in [5.74, 6) is 0.623. The number of hydrogen-bond donors (Lipinski definition) is 0. The van der Waals surface area contributed by atoms with Gasteiger partial charge in [-0.1, -0.05) is 48.0 Å². The summed E-state index contributed by atoms with van der Waals surface area (Å²) >= 11 is 5.25. The number of thiocarbonyl (C=S) groups is 1. The Morgan fingerprint density at radius 1 is 1.04 bits per heavy atom. The van der Waals surface area contributed by atoms with E-state index in [2.05, 4.69) is 31.2 Å². The van der Waals surface area contributed by atoms with Crippen molar-refractivity contribution >= 4 is 29.3 Å². The van der Waals surface area contributed by atoms with Crippen LogP contribution in [0.4, 0.5) is 0 Å². The highest BCUT2D eigenvalue weighted by Crippen LogP contribution is 2.26. The third-order valence-corrected chi connectivity index (χ3v) is 4.73. The number of hydrogen-bond acceptors (Lipinski definition) is 3. The number of nitrogens with zero attached hydrogens (tertiary/aromatic N) is 2. The van der Waals surface area contributed by atoms with Crippen LogP contribution >= 0.6 is 12.2 Å². The van der Waals surface area contributed by atoms with Crippen molar-refractivity contribution in [3.8, 4) is 5.75 Å². The van der Waals surface area contributed by atoms with Crippen molar-refractivity contribution in [2.24, 2.45) is 0 Å². The molecule has 128 valence electrons. The van der Waals surface area contributed by atoms with Crippen molar-refractivity contribution in [1.82, 2.24) is 9.80 Å². The first-order chi connectivity index (χ1) is 12.0. The summed E-state index contributed by atoms with van der Waals surface area (Å²) in [4.78, 5) is 15.5. The normalized spacial score (nSPS) is 16.0. The van der Waals surface area contributed by atoms with Crippen molar-refractivity contribution in [3.05, 3.63) is 70.9 Å². The van der Waals surface area contributed by atoms with Crippen molar-refractivity contribution in [1.29, 1.82) is 0 Å². The van der Waals surface area contributed by atoms with Crippen LogP contribution in [0.15, 0.2) is 54.2 Å². The fourth-order valence-electron chi connectivity index (χ4n) is 2.61. The van der Waals surface area contributed by atoms with E-state index in [1.165, 1.54) is 10.5 Å². The zero-order valence-electron chi connectivity index (χ0n) is 14.5. The molecule has 2 aromatic rings. The van der Waals surface area contributed by atoms with Gasteiger partial charge in [0.05, 0.1) is 0 Å². The molecule has 0 aliphatic carbocycles. The second-order valence-electron chi connectivity index (χ2n) is 6.05. The van der Waals surface area contributed by atoms with Crippen molar-refractivity contribution in [2.45, 2.75) is 13.5 Å². The highest BCUT2D eigenvalue weighted by molar-refractivity contribution is 7.80. The van der Waals surface area contributed by atoms with Crippen molar-refractivity contribution in [3.63, 3.8) is 0 Å². The van der Waals surface area contributed by atoms with Gasteiger partial charge in [-0.15, -0.1) is 0 Å². The van der Waals surface area contributed by atoms with Gasteiger partial charge < -0.3 is 9.64 Å². The van der Waals surface area contributed by atoms with Crippen LogP contribution in [0.3, 0.4) is 0 Å². The van der Waals surface area contributed by atoms with E-state index in [9.17, 15) is 4.79 Å². The molecule has 0 N–H and O–H groups in total. The lowest BCUT2D eigenvalue weighted by Crippen LogP contribution is -2.26. The number of para-hydroxylation sites is 1. The first-order valence-corrected chi connectivity index (χ1v) is 8.43. The average Bonchev–Trinajstić information content (AvgIpc) is 2.80. The maximum absolute atomic E-state index is 12.3. The SMILES string of the molecule is Cc1ccc(COc2ccccc2/C=C2/C(=O)N(C)C(=S)N2C)cc1. The molecule has 1 heterocycles. The Kier molecular flexibility index (Phi) is 4.86. The molecule has 1 aliphatic heterocycles. The predicted molar refractivity (Wildman–Crippen MR) is 103 cm³/mol. The number of carbonyl (C=O) groups is 1. The summed E-state index contributed by atoms with van der Waals surface area (Å²) < 4.78 is 5.98. The highest BCUT2D eigenvalue weighted by Gasteiger charge is 2.32. The molecule has 0 bridgehead atoms. The van der Waals surface area contributed by atoms with Crippen LogP contribution < -0.4 is 4.74 Å². The Morgan fingerprint density at radius 2 is 1.72 bits per heavy atom. The van der Waals surface area contributed by atoms with Crippen LogP contribution in [-0.4, -0.2) is 34.9 Å². The Bertz CT molecular complexity index is 843. The minimum atomic E-state index is -0.110. The van der Waals surface area contributed by atoms with Crippen LogP contribution in [0.5, 0.6) is 5.75 Å². The summed E-state index contributed by atoms with van der Waals surface area (Å²) in [6, 6.07) is 15.9. The highest BCUT2D eigenvalue weighted by atomic mass is 32.1. The van der Waals surface area contributed by atoms with E-state index in [1.54, 1.807) is 19.0 Å². The van der Waals surface area contributed by atoms with E-state index in [-0.39, 0.29) is 5.91 Å². The van der Waals surface area contributed by atoms with Gasteiger partial charge in [0.1, 0.15) is 18.1 Å². The summed E-state index contributed by atoms with van der Waals surface area (Å²) in [7, 11) is 3.48. The maximum atomic E-state index is 12.3. The molecule has 0 radical (unpaired) electrons. The largest absolute Gasteiger partial charge is 0.488 e. The van der Waals surface area contributed by atoms with Crippen molar-refractivity contribution < 1.29 is 9.53 Å². The van der Waals surface area contributed by atoms with Crippen LogP contribution in [0.2, 0.25) is 0 Å². The van der Waals surface area contributed by atoms with E-state index in [4.69, 9.17) is 17.0 Å². The topological polar surface area (TPSA) is 32.8 Å². The molecule has 0 atom stereocenters.